The van der Waals surface area contributed by atoms with Crippen molar-refractivity contribution in [2.45, 2.75) is 52.4 Å². The van der Waals surface area contributed by atoms with Gasteiger partial charge in [0.15, 0.2) is 0 Å². The summed E-state index contributed by atoms with van der Waals surface area (Å²) in [4.78, 5) is 0. The van der Waals surface area contributed by atoms with Gasteiger partial charge in [-0.3, -0.25) is 0 Å². The van der Waals surface area contributed by atoms with Crippen molar-refractivity contribution in [2.75, 3.05) is 7.11 Å². The van der Waals surface area contributed by atoms with Crippen molar-refractivity contribution in [1.29, 1.82) is 0 Å². The molecule has 0 radical (unpaired) electrons. The van der Waals surface area contributed by atoms with Gasteiger partial charge in [-0.1, -0.05) is 62.6 Å². The number of allylic oxidation sites excluding steroid dienone is 5. The van der Waals surface area contributed by atoms with Gasteiger partial charge in [-0.25, -0.2) is 0 Å². The first-order chi connectivity index (χ1) is 10.7. The van der Waals surface area contributed by atoms with Crippen molar-refractivity contribution in [3.63, 3.8) is 0 Å². The van der Waals surface area contributed by atoms with Crippen LogP contribution in [0.15, 0.2) is 59.4 Å². The third kappa shape index (κ3) is 3.91. The molecule has 0 N–H and O–H groups in total. The Morgan fingerprint density at radius 1 is 1.00 bits per heavy atom. The quantitative estimate of drug-likeness (QED) is 0.618. The van der Waals surface area contributed by atoms with Crippen LogP contribution < -0.4 is 0 Å². The molecule has 1 heteroatoms. The Bertz CT molecular complexity index is 590. The molecule has 0 unspecified atom stereocenters. The first-order valence-corrected chi connectivity index (χ1v) is 8.42. The molecular weight excluding hydrogens is 268 g/mol. The van der Waals surface area contributed by atoms with Crippen molar-refractivity contribution in [2.24, 2.45) is 0 Å². The number of hydrogen-bond acceptors (Lipinski definition) is 1. The minimum absolute atomic E-state index is 0.321. The fourth-order valence-corrected chi connectivity index (χ4v) is 3.17. The van der Waals surface area contributed by atoms with Gasteiger partial charge in [0, 0.05) is 5.92 Å². The first-order valence-electron chi connectivity index (χ1n) is 8.42. The Morgan fingerprint density at radius 3 is 2.36 bits per heavy atom. The fraction of sp³-hybridized carbons (Fsp3) is 0.429. The molecule has 0 saturated heterocycles. The molecule has 0 fully saturated rings. The van der Waals surface area contributed by atoms with Gasteiger partial charge in [-0.2, -0.15) is 0 Å². The van der Waals surface area contributed by atoms with Gasteiger partial charge < -0.3 is 4.74 Å². The van der Waals surface area contributed by atoms with E-state index in [-0.39, 0.29) is 0 Å². The lowest BCUT2D eigenvalue weighted by atomic mass is 9.85. The van der Waals surface area contributed by atoms with E-state index >= 15 is 0 Å². The van der Waals surface area contributed by atoms with Crippen molar-refractivity contribution >= 4 is 0 Å². The molecule has 0 amide bonds. The van der Waals surface area contributed by atoms with Gasteiger partial charge in [0.25, 0.3) is 0 Å². The third-order valence-electron chi connectivity index (χ3n) is 4.27. The van der Waals surface area contributed by atoms with Crippen LogP contribution in [0.25, 0.3) is 0 Å². The zero-order valence-electron chi connectivity index (χ0n) is 14.4. The number of ether oxygens (including phenoxy) is 1. The van der Waals surface area contributed by atoms with E-state index in [2.05, 4.69) is 63.3 Å². The molecule has 1 aliphatic rings. The van der Waals surface area contributed by atoms with Crippen LogP contribution in [-0.4, -0.2) is 7.11 Å². The number of benzene rings is 1. The summed E-state index contributed by atoms with van der Waals surface area (Å²) in [7, 11) is 1.77. The van der Waals surface area contributed by atoms with Gasteiger partial charge in [0.05, 0.1) is 7.11 Å². The van der Waals surface area contributed by atoms with Crippen LogP contribution in [0.2, 0.25) is 0 Å². The van der Waals surface area contributed by atoms with Crippen LogP contribution in [0.1, 0.15) is 56.6 Å². The van der Waals surface area contributed by atoms with E-state index in [9.17, 15) is 0 Å². The predicted molar refractivity (Wildman–Crippen MR) is 95.0 cm³/mol. The fourth-order valence-electron chi connectivity index (χ4n) is 3.17. The summed E-state index contributed by atoms with van der Waals surface area (Å²) < 4.78 is 5.62. The highest BCUT2D eigenvalue weighted by molar-refractivity contribution is 5.46. The minimum Gasteiger partial charge on any atom is -0.497 e. The Hall–Kier alpha value is -1.76. The van der Waals surface area contributed by atoms with E-state index in [4.69, 9.17) is 4.74 Å². The van der Waals surface area contributed by atoms with E-state index < -0.39 is 0 Å². The van der Waals surface area contributed by atoms with Crippen LogP contribution >= 0.6 is 0 Å². The maximum Gasteiger partial charge on any atom is 0.116 e. The standard InChI is InChI=1S/C21H28O/c1-5-9-17-13-18(10-6-2)21(15-19(14-17)22-4)20-12-8-7-11-16(20)3/h7-8,11-15,21H,5-6,9-10H2,1-4H3/t21-/m0/s1. The van der Waals surface area contributed by atoms with E-state index in [1.165, 1.54) is 28.7 Å². The number of rotatable bonds is 6. The van der Waals surface area contributed by atoms with Crippen LogP contribution in [-0.2, 0) is 4.74 Å². The predicted octanol–water partition coefficient (Wildman–Crippen LogP) is 6.08. The zero-order valence-corrected chi connectivity index (χ0v) is 14.4. The maximum absolute atomic E-state index is 5.62. The summed E-state index contributed by atoms with van der Waals surface area (Å²) in [5.41, 5.74) is 5.63. The van der Waals surface area contributed by atoms with Crippen molar-refractivity contribution in [3.8, 4) is 0 Å². The Morgan fingerprint density at radius 2 is 1.73 bits per heavy atom. The molecule has 2 rings (SSSR count). The molecule has 1 aromatic rings. The topological polar surface area (TPSA) is 9.23 Å². The second-order valence-electron chi connectivity index (χ2n) is 6.05. The third-order valence-corrected chi connectivity index (χ3v) is 4.27. The second-order valence-corrected chi connectivity index (χ2v) is 6.05. The Labute approximate surface area is 135 Å². The van der Waals surface area contributed by atoms with Crippen molar-refractivity contribution < 1.29 is 4.74 Å². The molecule has 1 aliphatic carbocycles. The number of hydrogen-bond donors (Lipinski definition) is 0. The molecule has 1 aromatic carbocycles. The highest BCUT2D eigenvalue weighted by atomic mass is 16.5. The molecule has 0 saturated carbocycles. The SMILES string of the molecule is CCCC1=CC(OC)=C[C@H](c2ccccc2C)C(CCC)=C1. The first kappa shape index (κ1) is 16.6. The average Bonchev–Trinajstić information content (AvgIpc) is 2.68. The van der Waals surface area contributed by atoms with Crippen LogP contribution in [0.5, 0.6) is 0 Å². The van der Waals surface area contributed by atoms with Crippen LogP contribution in [0.4, 0.5) is 0 Å². The van der Waals surface area contributed by atoms with Crippen molar-refractivity contribution in [3.05, 3.63) is 70.5 Å². The highest BCUT2D eigenvalue weighted by Gasteiger charge is 2.19. The lowest BCUT2D eigenvalue weighted by Crippen LogP contribution is -2.03. The zero-order chi connectivity index (χ0) is 15.9. The summed E-state index contributed by atoms with van der Waals surface area (Å²) in [6.07, 6.45) is 11.5. The summed E-state index contributed by atoms with van der Waals surface area (Å²) in [6.45, 7) is 6.68. The molecule has 0 bridgehead atoms. The Kier molecular flexibility index (Phi) is 6.06. The minimum atomic E-state index is 0.321. The van der Waals surface area contributed by atoms with Crippen LogP contribution in [0.3, 0.4) is 0 Å². The lowest BCUT2D eigenvalue weighted by molar-refractivity contribution is 0.304. The monoisotopic (exact) mass is 296 g/mol. The van der Waals surface area contributed by atoms with E-state index in [0.717, 1.165) is 25.0 Å². The molecule has 0 spiro atoms. The van der Waals surface area contributed by atoms with E-state index in [0.29, 0.717) is 5.92 Å². The molecule has 1 atom stereocenters. The molecule has 118 valence electrons. The smallest absolute Gasteiger partial charge is 0.116 e. The number of methoxy groups -OCH3 is 1. The van der Waals surface area contributed by atoms with Gasteiger partial charge in [0.1, 0.15) is 5.76 Å². The second kappa shape index (κ2) is 8.03. The number of aryl methyl sites for hydroxylation is 1. The highest BCUT2D eigenvalue weighted by Crippen LogP contribution is 2.36. The molecule has 0 aliphatic heterocycles. The Balaban J connectivity index is 2.50. The van der Waals surface area contributed by atoms with Gasteiger partial charge in [-0.15, -0.1) is 0 Å². The average molecular weight is 296 g/mol. The summed E-state index contributed by atoms with van der Waals surface area (Å²) in [5, 5.41) is 0. The summed E-state index contributed by atoms with van der Waals surface area (Å²) in [5.74, 6) is 1.31. The normalized spacial score (nSPS) is 18.2. The molecule has 1 nitrogen and oxygen atoms in total. The van der Waals surface area contributed by atoms with Gasteiger partial charge in [-0.05, 0) is 48.6 Å². The molecular formula is C21H28O. The molecule has 22 heavy (non-hydrogen) atoms. The largest absolute Gasteiger partial charge is 0.497 e. The van der Waals surface area contributed by atoms with E-state index in [1.54, 1.807) is 7.11 Å². The molecule has 0 aromatic heterocycles. The summed E-state index contributed by atoms with van der Waals surface area (Å²) >= 11 is 0. The van der Waals surface area contributed by atoms with E-state index in [1.807, 2.05) is 0 Å². The van der Waals surface area contributed by atoms with Crippen molar-refractivity contribution in [1.82, 2.24) is 0 Å². The van der Waals surface area contributed by atoms with Gasteiger partial charge >= 0.3 is 0 Å². The summed E-state index contributed by atoms with van der Waals surface area (Å²) in [6, 6.07) is 8.69. The van der Waals surface area contributed by atoms with Crippen LogP contribution in [0, 0.1) is 6.92 Å². The molecule has 0 heterocycles. The maximum atomic E-state index is 5.62. The lowest BCUT2D eigenvalue weighted by Gasteiger charge is -2.19. The van der Waals surface area contributed by atoms with Gasteiger partial charge in [0.2, 0.25) is 0 Å².